The van der Waals surface area contributed by atoms with Crippen molar-refractivity contribution in [2.75, 3.05) is 11.4 Å². The van der Waals surface area contributed by atoms with Crippen LogP contribution in [0.4, 0.5) is 5.13 Å². The largest absolute Gasteiger partial charge is 0.350 e. The maximum absolute atomic E-state index is 12.6. The van der Waals surface area contributed by atoms with Crippen molar-refractivity contribution in [2.45, 2.75) is 25.4 Å². The van der Waals surface area contributed by atoms with Gasteiger partial charge >= 0.3 is 0 Å². The minimum Gasteiger partial charge on any atom is -0.350 e. The van der Waals surface area contributed by atoms with Crippen LogP contribution < -0.4 is 10.2 Å². The maximum atomic E-state index is 12.6. The zero-order valence-corrected chi connectivity index (χ0v) is 14.4. The second kappa shape index (κ2) is 7.02. The van der Waals surface area contributed by atoms with Crippen molar-refractivity contribution in [3.05, 3.63) is 54.2 Å². The van der Waals surface area contributed by atoms with E-state index in [1.54, 1.807) is 36.3 Å². The molecule has 7 nitrogen and oxygen atoms in total. The van der Waals surface area contributed by atoms with Crippen LogP contribution in [-0.2, 0) is 11.3 Å². The molecule has 1 N–H and O–H groups in total. The van der Waals surface area contributed by atoms with Crippen molar-refractivity contribution in [3.63, 3.8) is 0 Å². The standard InChI is InChI=1S/C17H18N6OS/c24-16(14-2-1-7-23(14)17-19-6-9-25-17)21-11-13-3-4-15(20-10-13)22-8-5-18-12-22/h3-6,8-10,12,14H,1-2,7,11H2,(H,21,24). The first-order valence-electron chi connectivity index (χ1n) is 8.18. The third-order valence-corrected chi connectivity index (χ3v) is 5.07. The summed E-state index contributed by atoms with van der Waals surface area (Å²) in [6.45, 7) is 1.35. The highest BCUT2D eigenvalue weighted by Gasteiger charge is 2.31. The molecule has 1 aliphatic heterocycles. The third kappa shape index (κ3) is 3.39. The Morgan fingerprint density at radius 2 is 2.28 bits per heavy atom. The van der Waals surface area contributed by atoms with E-state index in [9.17, 15) is 4.79 Å². The first-order valence-corrected chi connectivity index (χ1v) is 9.06. The van der Waals surface area contributed by atoms with Gasteiger partial charge in [-0.1, -0.05) is 6.07 Å². The molecule has 0 saturated carbocycles. The fraction of sp³-hybridized carbons (Fsp3) is 0.294. The summed E-state index contributed by atoms with van der Waals surface area (Å²) in [5.41, 5.74) is 0.969. The molecule has 1 atom stereocenters. The minimum absolute atomic E-state index is 0.0476. The highest BCUT2D eigenvalue weighted by atomic mass is 32.1. The third-order valence-electron chi connectivity index (χ3n) is 4.27. The molecule has 4 rings (SSSR count). The van der Waals surface area contributed by atoms with Gasteiger partial charge in [0.1, 0.15) is 18.2 Å². The van der Waals surface area contributed by atoms with Crippen LogP contribution in [0.1, 0.15) is 18.4 Å². The molecule has 0 bridgehead atoms. The average Bonchev–Trinajstić information content (AvgIpc) is 3.41. The second-order valence-electron chi connectivity index (χ2n) is 5.88. The number of nitrogens with one attached hydrogen (secondary N) is 1. The maximum Gasteiger partial charge on any atom is 0.243 e. The topological polar surface area (TPSA) is 75.9 Å². The van der Waals surface area contributed by atoms with Crippen molar-refractivity contribution < 1.29 is 4.79 Å². The molecule has 1 fully saturated rings. The van der Waals surface area contributed by atoms with Crippen molar-refractivity contribution in [1.82, 2.24) is 24.8 Å². The van der Waals surface area contributed by atoms with Crippen molar-refractivity contribution >= 4 is 22.4 Å². The minimum atomic E-state index is -0.135. The molecule has 4 heterocycles. The summed E-state index contributed by atoms with van der Waals surface area (Å²) in [7, 11) is 0. The Balaban J connectivity index is 1.37. The van der Waals surface area contributed by atoms with Crippen molar-refractivity contribution in [1.29, 1.82) is 0 Å². The Morgan fingerprint density at radius 1 is 1.32 bits per heavy atom. The molecule has 1 aliphatic rings. The Kier molecular flexibility index (Phi) is 4.43. The van der Waals surface area contributed by atoms with E-state index in [4.69, 9.17) is 0 Å². The van der Waals surface area contributed by atoms with Crippen LogP contribution >= 0.6 is 11.3 Å². The van der Waals surface area contributed by atoms with Gasteiger partial charge in [0.25, 0.3) is 0 Å². The van der Waals surface area contributed by atoms with E-state index >= 15 is 0 Å². The average molecular weight is 354 g/mol. The van der Waals surface area contributed by atoms with Gasteiger partial charge in [0.2, 0.25) is 5.91 Å². The van der Waals surface area contributed by atoms with Crippen LogP contribution in [0.25, 0.3) is 5.82 Å². The van der Waals surface area contributed by atoms with Crippen LogP contribution in [0.5, 0.6) is 0 Å². The highest BCUT2D eigenvalue weighted by molar-refractivity contribution is 7.13. The fourth-order valence-electron chi connectivity index (χ4n) is 3.00. The van der Waals surface area contributed by atoms with Crippen molar-refractivity contribution in [2.24, 2.45) is 0 Å². The Labute approximate surface area is 149 Å². The number of imidazole rings is 1. The molecular weight excluding hydrogens is 336 g/mol. The zero-order valence-electron chi connectivity index (χ0n) is 13.6. The van der Waals surface area contributed by atoms with E-state index in [2.05, 4.69) is 25.2 Å². The molecule has 1 amide bonds. The predicted molar refractivity (Wildman–Crippen MR) is 95.7 cm³/mol. The quantitative estimate of drug-likeness (QED) is 0.758. The summed E-state index contributed by atoms with van der Waals surface area (Å²) in [5, 5.41) is 5.89. The summed E-state index contributed by atoms with van der Waals surface area (Å²) >= 11 is 1.57. The van der Waals surface area contributed by atoms with E-state index in [0.717, 1.165) is 35.9 Å². The lowest BCUT2D eigenvalue weighted by Crippen LogP contribution is -2.43. The number of nitrogens with zero attached hydrogens (tertiary/aromatic N) is 5. The SMILES string of the molecule is O=C(NCc1ccc(-n2ccnc2)nc1)C1CCCN1c1nccs1. The number of thiazole rings is 1. The molecule has 0 radical (unpaired) electrons. The summed E-state index contributed by atoms with van der Waals surface area (Å²) in [4.78, 5) is 27.4. The molecule has 0 spiro atoms. The predicted octanol–water partition coefficient (Wildman–Crippen LogP) is 2.01. The molecular formula is C17H18N6OS. The highest BCUT2D eigenvalue weighted by Crippen LogP contribution is 2.27. The molecule has 8 heteroatoms. The summed E-state index contributed by atoms with van der Waals surface area (Å²) in [6.07, 6.45) is 10.7. The van der Waals surface area contributed by atoms with Gasteiger partial charge in [0.15, 0.2) is 5.13 Å². The van der Waals surface area contributed by atoms with Gasteiger partial charge in [-0.2, -0.15) is 0 Å². The Bertz CT molecular complexity index is 815. The second-order valence-corrected chi connectivity index (χ2v) is 6.75. The van der Waals surface area contributed by atoms with Crippen LogP contribution in [0.2, 0.25) is 0 Å². The lowest BCUT2D eigenvalue weighted by Gasteiger charge is -2.23. The van der Waals surface area contributed by atoms with E-state index in [1.807, 2.05) is 28.3 Å². The van der Waals surface area contributed by atoms with Gasteiger partial charge in [0, 0.05) is 43.3 Å². The van der Waals surface area contributed by atoms with E-state index in [-0.39, 0.29) is 11.9 Å². The fourth-order valence-corrected chi connectivity index (χ4v) is 3.72. The number of anilines is 1. The molecule has 128 valence electrons. The lowest BCUT2D eigenvalue weighted by atomic mass is 10.2. The summed E-state index contributed by atoms with van der Waals surface area (Å²) < 4.78 is 1.84. The molecule has 0 aromatic carbocycles. The molecule has 1 unspecified atom stereocenters. The Hall–Kier alpha value is -2.74. The monoisotopic (exact) mass is 354 g/mol. The number of aromatic nitrogens is 4. The zero-order chi connectivity index (χ0) is 17.1. The van der Waals surface area contributed by atoms with Crippen LogP contribution in [0, 0.1) is 0 Å². The first-order chi connectivity index (χ1) is 12.3. The molecule has 0 aliphatic carbocycles. The number of amides is 1. The summed E-state index contributed by atoms with van der Waals surface area (Å²) in [5.74, 6) is 0.852. The van der Waals surface area contributed by atoms with Gasteiger partial charge in [-0.25, -0.2) is 15.0 Å². The van der Waals surface area contributed by atoms with Crippen LogP contribution in [-0.4, -0.2) is 38.0 Å². The molecule has 3 aromatic rings. The van der Waals surface area contributed by atoms with Crippen LogP contribution in [0.15, 0.2) is 48.6 Å². The van der Waals surface area contributed by atoms with E-state index < -0.39 is 0 Å². The lowest BCUT2D eigenvalue weighted by molar-refractivity contribution is -0.122. The van der Waals surface area contributed by atoms with Gasteiger partial charge in [0.05, 0.1) is 0 Å². The first kappa shape index (κ1) is 15.8. The van der Waals surface area contributed by atoms with E-state index in [1.165, 1.54) is 0 Å². The van der Waals surface area contributed by atoms with Gasteiger partial charge in [-0.3, -0.25) is 9.36 Å². The number of carbonyl (C=O) groups is 1. The Morgan fingerprint density at radius 3 is 3.00 bits per heavy atom. The number of pyridine rings is 1. The van der Waals surface area contributed by atoms with Gasteiger partial charge in [-0.05, 0) is 24.5 Å². The van der Waals surface area contributed by atoms with Gasteiger partial charge < -0.3 is 10.2 Å². The molecule has 1 saturated heterocycles. The van der Waals surface area contributed by atoms with Gasteiger partial charge in [-0.15, -0.1) is 11.3 Å². The molecule has 25 heavy (non-hydrogen) atoms. The number of carbonyl (C=O) groups excluding carboxylic acids is 1. The molecule has 3 aromatic heterocycles. The normalized spacial score (nSPS) is 17.0. The smallest absolute Gasteiger partial charge is 0.243 e. The number of hydrogen-bond acceptors (Lipinski definition) is 6. The summed E-state index contributed by atoms with van der Waals surface area (Å²) in [6, 6.07) is 3.75. The van der Waals surface area contributed by atoms with Crippen LogP contribution in [0.3, 0.4) is 0 Å². The number of rotatable bonds is 5. The number of hydrogen-bond donors (Lipinski definition) is 1. The van der Waals surface area contributed by atoms with E-state index in [0.29, 0.717) is 6.54 Å². The van der Waals surface area contributed by atoms with Crippen molar-refractivity contribution in [3.8, 4) is 5.82 Å².